The zero-order valence-corrected chi connectivity index (χ0v) is 11.1. The van der Waals surface area contributed by atoms with Gasteiger partial charge in [-0.05, 0) is 43.2 Å². The molecule has 0 aromatic heterocycles. The molecule has 0 bridgehead atoms. The topological polar surface area (TPSA) is 38.3 Å². The molecule has 0 aliphatic carbocycles. The van der Waals surface area contributed by atoms with Gasteiger partial charge in [-0.3, -0.25) is 4.79 Å². The van der Waals surface area contributed by atoms with E-state index >= 15 is 0 Å². The van der Waals surface area contributed by atoms with Gasteiger partial charge in [0.1, 0.15) is 12.4 Å². The van der Waals surface area contributed by atoms with Crippen molar-refractivity contribution in [2.45, 2.75) is 20.5 Å². The minimum Gasteiger partial charge on any atom is -0.489 e. The zero-order chi connectivity index (χ0) is 13.7. The van der Waals surface area contributed by atoms with Crippen molar-refractivity contribution < 1.29 is 9.53 Å². The van der Waals surface area contributed by atoms with Gasteiger partial charge < -0.3 is 10.1 Å². The van der Waals surface area contributed by atoms with Crippen molar-refractivity contribution in [2.75, 3.05) is 5.32 Å². The summed E-state index contributed by atoms with van der Waals surface area (Å²) in [7, 11) is 0. The number of hydrogen-bond donors (Lipinski definition) is 1. The van der Waals surface area contributed by atoms with E-state index in [9.17, 15) is 4.79 Å². The Morgan fingerprint density at radius 3 is 2.74 bits per heavy atom. The average Bonchev–Trinajstić information content (AvgIpc) is 2.38. The first-order valence-electron chi connectivity index (χ1n) is 6.18. The summed E-state index contributed by atoms with van der Waals surface area (Å²) in [4.78, 5) is 10.4. The molecule has 3 heteroatoms. The van der Waals surface area contributed by atoms with Crippen molar-refractivity contribution in [3.8, 4) is 5.75 Å². The number of amides is 1. The predicted octanol–water partition coefficient (Wildman–Crippen LogP) is 3.45. The lowest BCUT2D eigenvalue weighted by Crippen LogP contribution is -1.99. The number of carbonyl (C=O) groups is 1. The van der Waals surface area contributed by atoms with Gasteiger partial charge in [-0.15, -0.1) is 0 Å². The lowest BCUT2D eigenvalue weighted by atomic mass is 10.1. The third kappa shape index (κ3) is 3.58. The number of hydrogen-bond acceptors (Lipinski definition) is 2. The minimum atomic E-state index is 0.484. The van der Waals surface area contributed by atoms with E-state index in [0.29, 0.717) is 13.0 Å². The molecule has 0 aliphatic heterocycles. The molecule has 19 heavy (non-hydrogen) atoms. The van der Waals surface area contributed by atoms with Crippen LogP contribution in [0.25, 0.3) is 0 Å². The van der Waals surface area contributed by atoms with E-state index in [0.717, 1.165) is 22.6 Å². The van der Waals surface area contributed by atoms with Gasteiger partial charge in [0.15, 0.2) is 0 Å². The second-order valence-electron chi connectivity index (χ2n) is 4.52. The van der Waals surface area contributed by atoms with Crippen LogP contribution in [0.2, 0.25) is 0 Å². The Hall–Kier alpha value is -2.29. The average molecular weight is 255 g/mol. The van der Waals surface area contributed by atoms with Crippen molar-refractivity contribution in [3.63, 3.8) is 0 Å². The Bertz CT molecular complexity index is 579. The Kier molecular flexibility index (Phi) is 4.18. The molecule has 0 radical (unpaired) electrons. The molecular formula is C16H17NO2. The highest BCUT2D eigenvalue weighted by Gasteiger charge is 2.01. The van der Waals surface area contributed by atoms with Crippen LogP contribution < -0.4 is 10.1 Å². The first-order valence-corrected chi connectivity index (χ1v) is 6.18. The summed E-state index contributed by atoms with van der Waals surface area (Å²) < 4.78 is 5.79. The van der Waals surface area contributed by atoms with E-state index in [-0.39, 0.29) is 0 Å². The maximum atomic E-state index is 10.4. The van der Waals surface area contributed by atoms with Crippen LogP contribution in [0.5, 0.6) is 5.75 Å². The summed E-state index contributed by atoms with van der Waals surface area (Å²) >= 11 is 0. The molecule has 1 N–H and O–H groups in total. The highest BCUT2D eigenvalue weighted by molar-refractivity contribution is 5.71. The standard InChI is InChI=1S/C16H17NO2/c1-12-6-7-16(13(2)8-12)19-10-14-4-3-5-15(9-14)17-11-18/h3-9,11H,10H2,1-2H3,(H,17,18). The normalized spacial score (nSPS) is 10.0. The van der Waals surface area contributed by atoms with E-state index in [1.54, 1.807) is 0 Å². The summed E-state index contributed by atoms with van der Waals surface area (Å²) in [6, 6.07) is 13.7. The van der Waals surface area contributed by atoms with Crippen LogP contribution >= 0.6 is 0 Å². The molecule has 0 atom stereocenters. The number of aryl methyl sites for hydroxylation is 2. The Balaban J connectivity index is 2.05. The van der Waals surface area contributed by atoms with E-state index in [1.165, 1.54) is 5.56 Å². The van der Waals surface area contributed by atoms with Crippen LogP contribution in [-0.2, 0) is 11.4 Å². The van der Waals surface area contributed by atoms with E-state index in [4.69, 9.17) is 4.74 Å². The smallest absolute Gasteiger partial charge is 0.211 e. The van der Waals surface area contributed by atoms with Crippen molar-refractivity contribution in [1.29, 1.82) is 0 Å². The number of rotatable bonds is 5. The molecule has 0 fully saturated rings. The van der Waals surface area contributed by atoms with Crippen LogP contribution in [0.15, 0.2) is 42.5 Å². The molecule has 2 aromatic rings. The third-order valence-corrected chi connectivity index (χ3v) is 2.88. The highest BCUT2D eigenvalue weighted by Crippen LogP contribution is 2.20. The molecule has 0 aliphatic rings. The van der Waals surface area contributed by atoms with E-state index in [2.05, 4.69) is 18.3 Å². The van der Waals surface area contributed by atoms with Gasteiger partial charge in [0.05, 0.1) is 0 Å². The van der Waals surface area contributed by atoms with Gasteiger partial charge in [-0.25, -0.2) is 0 Å². The summed E-state index contributed by atoms with van der Waals surface area (Å²) in [5.74, 6) is 0.888. The zero-order valence-electron chi connectivity index (χ0n) is 11.1. The van der Waals surface area contributed by atoms with Gasteiger partial charge in [0.2, 0.25) is 6.41 Å². The first kappa shape index (κ1) is 13.1. The number of anilines is 1. The summed E-state index contributed by atoms with van der Waals surface area (Å²) in [5, 5.41) is 2.63. The summed E-state index contributed by atoms with van der Waals surface area (Å²) in [6.07, 6.45) is 0.671. The predicted molar refractivity (Wildman–Crippen MR) is 76.4 cm³/mol. The molecule has 0 spiro atoms. The quantitative estimate of drug-likeness (QED) is 0.831. The molecular weight excluding hydrogens is 238 g/mol. The lowest BCUT2D eigenvalue weighted by molar-refractivity contribution is -0.105. The van der Waals surface area contributed by atoms with Gasteiger partial charge >= 0.3 is 0 Å². The van der Waals surface area contributed by atoms with Crippen molar-refractivity contribution >= 4 is 12.1 Å². The van der Waals surface area contributed by atoms with E-state index in [1.807, 2.05) is 43.3 Å². The van der Waals surface area contributed by atoms with Gasteiger partial charge in [0, 0.05) is 5.69 Å². The largest absolute Gasteiger partial charge is 0.489 e. The maximum Gasteiger partial charge on any atom is 0.211 e. The molecule has 0 unspecified atom stereocenters. The van der Waals surface area contributed by atoms with Crippen molar-refractivity contribution in [1.82, 2.24) is 0 Å². The molecule has 2 rings (SSSR count). The molecule has 1 amide bonds. The lowest BCUT2D eigenvalue weighted by Gasteiger charge is -2.10. The van der Waals surface area contributed by atoms with Crippen LogP contribution in [0.3, 0.4) is 0 Å². The van der Waals surface area contributed by atoms with Gasteiger partial charge in [-0.1, -0.05) is 29.8 Å². The SMILES string of the molecule is Cc1ccc(OCc2cccc(NC=O)c2)c(C)c1. The number of ether oxygens (including phenoxy) is 1. The third-order valence-electron chi connectivity index (χ3n) is 2.88. The fraction of sp³-hybridized carbons (Fsp3) is 0.188. The molecule has 0 saturated heterocycles. The van der Waals surface area contributed by atoms with Gasteiger partial charge in [-0.2, -0.15) is 0 Å². The highest BCUT2D eigenvalue weighted by atomic mass is 16.5. The Morgan fingerprint density at radius 1 is 1.16 bits per heavy atom. The second-order valence-corrected chi connectivity index (χ2v) is 4.52. The van der Waals surface area contributed by atoms with Crippen LogP contribution in [0.4, 0.5) is 5.69 Å². The van der Waals surface area contributed by atoms with Crippen LogP contribution in [0, 0.1) is 13.8 Å². The number of benzene rings is 2. The molecule has 0 heterocycles. The Morgan fingerprint density at radius 2 is 2.00 bits per heavy atom. The Labute approximate surface area is 113 Å². The number of carbonyl (C=O) groups excluding carboxylic acids is 1. The summed E-state index contributed by atoms with van der Waals surface area (Å²) in [6.45, 7) is 4.58. The first-order chi connectivity index (χ1) is 9.19. The van der Waals surface area contributed by atoms with Crippen molar-refractivity contribution in [3.05, 3.63) is 59.2 Å². The fourth-order valence-corrected chi connectivity index (χ4v) is 1.94. The summed E-state index contributed by atoms with van der Waals surface area (Å²) in [5.41, 5.74) is 4.15. The molecule has 98 valence electrons. The molecule has 3 nitrogen and oxygen atoms in total. The van der Waals surface area contributed by atoms with Crippen molar-refractivity contribution in [2.24, 2.45) is 0 Å². The maximum absolute atomic E-state index is 10.4. The van der Waals surface area contributed by atoms with Crippen LogP contribution in [-0.4, -0.2) is 6.41 Å². The van der Waals surface area contributed by atoms with Gasteiger partial charge in [0.25, 0.3) is 0 Å². The molecule has 2 aromatic carbocycles. The van der Waals surface area contributed by atoms with Crippen LogP contribution in [0.1, 0.15) is 16.7 Å². The number of nitrogens with one attached hydrogen (secondary N) is 1. The fourth-order valence-electron chi connectivity index (χ4n) is 1.94. The monoisotopic (exact) mass is 255 g/mol. The van der Waals surface area contributed by atoms with E-state index < -0.39 is 0 Å². The minimum absolute atomic E-state index is 0.484. The second kappa shape index (κ2) is 6.05. The molecule has 0 saturated carbocycles.